The van der Waals surface area contributed by atoms with E-state index < -0.39 is 12.3 Å². The van der Waals surface area contributed by atoms with Crippen molar-refractivity contribution in [3.05, 3.63) is 70.2 Å². The van der Waals surface area contributed by atoms with Crippen molar-refractivity contribution in [3.8, 4) is 5.75 Å². The fourth-order valence-corrected chi connectivity index (χ4v) is 2.41. The molecule has 0 bridgehead atoms. The first-order valence-electron chi connectivity index (χ1n) is 7.95. The van der Waals surface area contributed by atoms with Gasteiger partial charge in [0, 0.05) is 24.4 Å². The van der Waals surface area contributed by atoms with E-state index in [2.05, 4.69) is 4.74 Å². The smallest absolute Gasteiger partial charge is 0.406 e. The van der Waals surface area contributed by atoms with Crippen molar-refractivity contribution >= 4 is 12.0 Å². The normalized spacial score (nSPS) is 11.6. The van der Waals surface area contributed by atoms with Gasteiger partial charge in [0.05, 0.1) is 0 Å². The predicted octanol–water partition coefficient (Wildman–Crippen LogP) is 2.90. The maximum absolute atomic E-state index is 12.3. The highest BCUT2D eigenvalue weighted by atomic mass is 19.4. The van der Waals surface area contributed by atoms with Crippen LogP contribution in [0.4, 0.5) is 13.2 Å². The average Bonchev–Trinajstić information content (AvgIpc) is 2.60. The van der Waals surface area contributed by atoms with Crippen LogP contribution in [0.1, 0.15) is 17.5 Å². The lowest BCUT2D eigenvalue weighted by Crippen LogP contribution is -2.22. The molecule has 1 amide bonds. The first-order valence-corrected chi connectivity index (χ1v) is 7.95. The topological polar surface area (TPSA) is 80.6 Å². The molecule has 2 aromatic rings. The number of nitrogens with zero attached hydrogens (tertiary/aromatic N) is 1. The minimum absolute atomic E-state index is 0.265. The Kier molecular flexibility index (Phi) is 6.78. The molecule has 0 aliphatic rings. The lowest BCUT2D eigenvalue weighted by atomic mass is 10.1. The van der Waals surface area contributed by atoms with E-state index in [0.717, 1.165) is 6.08 Å². The summed E-state index contributed by atoms with van der Waals surface area (Å²) in [6, 6.07) is 8.84. The van der Waals surface area contributed by atoms with Crippen molar-refractivity contribution in [2.45, 2.75) is 25.7 Å². The van der Waals surface area contributed by atoms with Gasteiger partial charge in [-0.1, -0.05) is 12.1 Å². The summed E-state index contributed by atoms with van der Waals surface area (Å²) < 4.78 is 42.1. The maximum atomic E-state index is 12.3. The molecule has 0 saturated heterocycles. The molecule has 0 saturated carbocycles. The third-order valence-electron chi connectivity index (χ3n) is 3.57. The summed E-state index contributed by atoms with van der Waals surface area (Å²) in [7, 11) is 0. The third-order valence-corrected chi connectivity index (χ3v) is 3.57. The van der Waals surface area contributed by atoms with Crippen molar-refractivity contribution in [1.29, 1.82) is 0 Å². The number of carbonyl (C=O) groups is 1. The average molecular weight is 382 g/mol. The second-order valence-electron chi connectivity index (χ2n) is 5.57. The van der Waals surface area contributed by atoms with Gasteiger partial charge in [-0.25, -0.2) is 5.48 Å². The minimum Gasteiger partial charge on any atom is -0.406 e. The van der Waals surface area contributed by atoms with Gasteiger partial charge in [0.1, 0.15) is 5.75 Å². The van der Waals surface area contributed by atoms with Gasteiger partial charge >= 0.3 is 6.36 Å². The number of aromatic nitrogens is 1. The highest BCUT2D eigenvalue weighted by Crippen LogP contribution is 2.23. The van der Waals surface area contributed by atoms with E-state index in [9.17, 15) is 22.8 Å². The first kappa shape index (κ1) is 20.2. The van der Waals surface area contributed by atoms with E-state index in [1.165, 1.54) is 40.4 Å². The summed E-state index contributed by atoms with van der Waals surface area (Å²) in [5, 5.41) is 8.44. The zero-order chi connectivity index (χ0) is 19.9. The number of rotatable bonds is 7. The van der Waals surface area contributed by atoms with Crippen LogP contribution in [-0.4, -0.2) is 22.0 Å². The van der Waals surface area contributed by atoms with Crippen LogP contribution in [0.3, 0.4) is 0 Å². The highest BCUT2D eigenvalue weighted by molar-refractivity contribution is 5.90. The number of halogens is 3. The van der Waals surface area contributed by atoms with Gasteiger partial charge in [0.2, 0.25) is 0 Å². The summed E-state index contributed by atoms with van der Waals surface area (Å²) in [6.45, 7) is 0.344. The molecule has 27 heavy (non-hydrogen) atoms. The third kappa shape index (κ3) is 6.63. The van der Waals surface area contributed by atoms with Crippen LogP contribution in [0, 0.1) is 0 Å². The predicted molar refractivity (Wildman–Crippen MR) is 91.1 cm³/mol. The van der Waals surface area contributed by atoms with Gasteiger partial charge in [-0.15, -0.1) is 13.2 Å². The second kappa shape index (κ2) is 9.04. The number of ether oxygens (including phenoxy) is 1. The van der Waals surface area contributed by atoms with Gasteiger partial charge < -0.3 is 9.30 Å². The van der Waals surface area contributed by atoms with Crippen LogP contribution in [0.2, 0.25) is 0 Å². The van der Waals surface area contributed by atoms with Gasteiger partial charge in [-0.3, -0.25) is 14.8 Å². The molecular formula is C18H17F3N2O4. The number of hydroxylamine groups is 1. The standard InChI is InChI=1S/C18H17F3N2O4/c19-18(20,21)27-15-7-1-4-13(12-15)5-2-10-23-11-3-6-14(17(23)25)8-9-16(24)22-26/h1,3-4,6-9,11-12,26H,2,5,10H2,(H,22,24)/b9-8+. The number of pyridine rings is 1. The van der Waals surface area contributed by atoms with Gasteiger partial charge in [0.25, 0.3) is 11.5 Å². The van der Waals surface area contributed by atoms with E-state index in [4.69, 9.17) is 5.21 Å². The number of nitrogens with one attached hydrogen (secondary N) is 1. The summed E-state index contributed by atoms with van der Waals surface area (Å²) in [5.41, 5.74) is 2.02. The lowest BCUT2D eigenvalue weighted by Gasteiger charge is -2.10. The molecule has 0 unspecified atom stereocenters. The Labute approximate surface area is 152 Å². The molecule has 6 nitrogen and oxygen atoms in total. The van der Waals surface area contributed by atoms with Crippen molar-refractivity contribution in [2.75, 3.05) is 0 Å². The lowest BCUT2D eigenvalue weighted by molar-refractivity contribution is -0.274. The summed E-state index contributed by atoms with van der Waals surface area (Å²) in [4.78, 5) is 23.3. The number of amides is 1. The Bertz CT molecular complexity index is 875. The molecule has 1 heterocycles. The van der Waals surface area contributed by atoms with Crippen LogP contribution in [0.15, 0.2) is 53.5 Å². The molecule has 2 N–H and O–H groups in total. The number of benzene rings is 1. The number of carbonyl (C=O) groups excluding carboxylic acids is 1. The maximum Gasteiger partial charge on any atom is 0.573 e. The van der Waals surface area contributed by atoms with Crippen molar-refractivity contribution in [1.82, 2.24) is 10.0 Å². The molecule has 1 aromatic carbocycles. The molecule has 1 aromatic heterocycles. The van der Waals surface area contributed by atoms with Crippen molar-refractivity contribution in [2.24, 2.45) is 0 Å². The molecule has 9 heteroatoms. The number of hydrogen-bond acceptors (Lipinski definition) is 4. The minimum atomic E-state index is -4.74. The zero-order valence-corrected chi connectivity index (χ0v) is 14.1. The Balaban J connectivity index is 2.00. The zero-order valence-electron chi connectivity index (χ0n) is 14.1. The molecule has 0 aliphatic heterocycles. The van der Waals surface area contributed by atoms with Crippen LogP contribution in [0.5, 0.6) is 5.75 Å². The Morgan fingerprint density at radius 1 is 1.26 bits per heavy atom. The van der Waals surface area contributed by atoms with Gasteiger partial charge in [0.15, 0.2) is 0 Å². The van der Waals surface area contributed by atoms with Crippen molar-refractivity contribution in [3.63, 3.8) is 0 Å². The largest absolute Gasteiger partial charge is 0.573 e. The van der Waals surface area contributed by atoms with E-state index in [1.807, 2.05) is 0 Å². The monoisotopic (exact) mass is 382 g/mol. The molecule has 0 fully saturated rings. The van der Waals surface area contributed by atoms with E-state index in [0.29, 0.717) is 24.9 Å². The highest BCUT2D eigenvalue weighted by Gasteiger charge is 2.31. The SMILES string of the molecule is O=C(/C=C/c1cccn(CCCc2cccc(OC(F)(F)F)c2)c1=O)NO. The van der Waals surface area contributed by atoms with Crippen LogP contribution >= 0.6 is 0 Å². The molecule has 0 atom stereocenters. The molecule has 144 valence electrons. The molecule has 0 spiro atoms. The molecular weight excluding hydrogens is 365 g/mol. The summed E-state index contributed by atoms with van der Waals surface area (Å²) >= 11 is 0. The fourth-order valence-electron chi connectivity index (χ4n) is 2.41. The fraction of sp³-hybridized carbons (Fsp3) is 0.222. The second-order valence-corrected chi connectivity index (χ2v) is 5.57. The van der Waals surface area contributed by atoms with Crippen molar-refractivity contribution < 1.29 is 27.9 Å². The number of aryl methyl sites for hydroxylation is 2. The molecule has 0 aliphatic carbocycles. The van der Waals surface area contributed by atoms with Crippen LogP contribution in [0.25, 0.3) is 6.08 Å². The molecule has 2 rings (SSSR count). The van der Waals surface area contributed by atoms with E-state index in [-0.39, 0.29) is 16.9 Å². The summed E-state index contributed by atoms with van der Waals surface area (Å²) in [5.74, 6) is -1.04. The van der Waals surface area contributed by atoms with Gasteiger partial charge in [-0.05, 0) is 48.7 Å². The number of hydrogen-bond donors (Lipinski definition) is 2. The Hall–Kier alpha value is -3.07. The summed E-state index contributed by atoms with van der Waals surface area (Å²) in [6.07, 6.45) is 0.103. The van der Waals surface area contributed by atoms with E-state index >= 15 is 0 Å². The number of alkyl halides is 3. The van der Waals surface area contributed by atoms with Crippen LogP contribution in [-0.2, 0) is 17.8 Å². The quantitative estimate of drug-likeness (QED) is 0.438. The van der Waals surface area contributed by atoms with Crippen LogP contribution < -0.4 is 15.8 Å². The Morgan fingerprint density at radius 3 is 2.74 bits per heavy atom. The first-order chi connectivity index (χ1) is 12.8. The van der Waals surface area contributed by atoms with E-state index in [1.54, 1.807) is 18.3 Å². The van der Waals surface area contributed by atoms with Gasteiger partial charge in [-0.2, -0.15) is 0 Å². The Morgan fingerprint density at radius 2 is 2.04 bits per heavy atom. The molecule has 0 radical (unpaired) electrons.